The summed E-state index contributed by atoms with van der Waals surface area (Å²) < 4.78 is 22.4. The molecule has 0 saturated carbocycles. The molecule has 86 valence electrons. The lowest BCUT2D eigenvalue weighted by atomic mass is 10.1. The van der Waals surface area contributed by atoms with E-state index < -0.39 is 15.9 Å². The normalized spacial score (nSPS) is 12.9. The van der Waals surface area contributed by atoms with Crippen LogP contribution in [0.5, 0.6) is 0 Å². The van der Waals surface area contributed by atoms with Gasteiger partial charge >= 0.3 is 0 Å². The fourth-order valence-electron chi connectivity index (χ4n) is 1.21. The van der Waals surface area contributed by atoms with Gasteiger partial charge in [0.1, 0.15) is 0 Å². The van der Waals surface area contributed by atoms with E-state index in [-0.39, 0.29) is 11.5 Å². The van der Waals surface area contributed by atoms with Crippen molar-refractivity contribution in [2.75, 3.05) is 12.9 Å². The zero-order valence-electron chi connectivity index (χ0n) is 8.61. The maximum Gasteiger partial charge on any atom is 0.175 e. The molecule has 0 bridgehead atoms. The van der Waals surface area contributed by atoms with Gasteiger partial charge in [-0.05, 0) is 23.2 Å². The topological polar surface area (TPSA) is 103 Å². The summed E-state index contributed by atoms with van der Waals surface area (Å²) in [7, 11) is -3.23. The number of aliphatic hydroxyl groups is 1. The third-order valence-electron chi connectivity index (χ3n) is 2.06. The Hall–Kier alpha value is -1.56. The van der Waals surface area contributed by atoms with Crippen molar-refractivity contribution in [1.29, 1.82) is 0 Å². The van der Waals surface area contributed by atoms with Gasteiger partial charge in [0.2, 0.25) is 0 Å². The van der Waals surface area contributed by atoms with Gasteiger partial charge in [0.15, 0.2) is 9.84 Å². The molecule has 1 aromatic carbocycles. The molecule has 0 radical (unpaired) electrons. The van der Waals surface area contributed by atoms with Crippen LogP contribution in [0.15, 0.2) is 34.3 Å². The Bertz CT molecular complexity index is 503. The number of rotatable bonds is 4. The third kappa shape index (κ3) is 2.96. The van der Waals surface area contributed by atoms with Crippen molar-refractivity contribution >= 4 is 9.84 Å². The fraction of sp³-hybridized carbons (Fsp3) is 0.333. The molecule has 16 heavy (non-hydrogen) atoms. The predicted octanol–water partition coefficient (Wildman–Crippen LogP) is 1.43. The number of hydrogen-bond acceptors (Lipinski definition) is 4. The van der Waals surface area contributed by atoms with Gasteiger partial charge in [-0.2, -0.15) is 0 Å². The molecule has 1 rings (SSSR count). The van der Waals surface area contributed by atoms with Crippen LogP contribution in [-0.2, 0) is 9.84 Å². The van der Waals surface area contributed by atoms with E-state index in [1.54, 1.807) is 0 Å². The van der Waals surface area contributed by atoms with E-state index in [9.17, 15) is 8.42 Å². The Labute approximate surface area is 93.1 Å². The molecule has 0 aliphatic rings. The van der Waals surface area contributed by atoms with Crippen LogP contribution in [-0.4, -0.2) is 26.4 Å². The van der Waals surface area contributed by atoms with E-state index in [2.05, 4.69) is 10.0 Å². The van der Waals surface area contributed by atoms with Crippen molar-refractivity contribution in [3.8, 4) is 0 Å². The van der Waals surface area contributed by atoms with Crippen LogP contribution in [0.2, 0.25) is 0 Å². The largest absolute Gasteiger partial charge is 0.396 e. The van der Waals surface area contributed by atoms with Gasteiger partial charge in [-0.15, -0.1) is 0 Å². The first-order valence-electron chi connectivity index (χ1n) is 4.44. The summed E-state index contributed by atoms with van der Waals surface area (Å²) in [6.07, 6.45) is 1.11. The number of aliphatic hydroxyl groups excluding tert-OH is 1. The Balaban J connectivity index is 3.07. The minimum absolute atomic E-state index is 0.189. The molecular formula is C9H11N3O3S. The zero-order chi connectivity index (χ0) is 12.2. The van der Waals surface area contributed by atoms with Crippen molar-refractivity contribution in [3.63, 3.8) is 0 Å². The molecule has 0 aliphatic carbocycles. The second-order valence-corrected chi connectivity index (χ2v) is 5.26. The molecule has 1 N–H and O–H groups in total. The monoisotopic (exact) mass is 241 g/mol. The van der Waals surface area contributed by atoms with Crippen molar-refractivity contribution in [3.05, 3.63) is 40.3 Å². The highest BCUT2D eigenvalue weighted by molar-refractivity contribution is 7.90. The van der Waals surface area contributed by atoms with Gasteiger partial charge in [-0.25, -0.2) is 8.42 Å². The lowest BCUT2D eigenvalue weighted by Crippen LogP contribution is -2.02. The van der Waals surface area contributed by atoms with E-state index in [0.717, 1.165) is 6.26 Å². The molecule has 6 nitrogen and oxygen atoms in total. The van der Waals surface area contributed by atoms with Crippen LogP contribution < -0.4 is 0 Å². The predicted molar refractivity (Wildman–Crippen MR) is 58.5 cm³/mol. The average Bonchev–Trinajstić information content (AvgIpc) is 2.25. The van der Waals surface area contributed by atoms with E-state index in [0.29, 0.717) is 5.56 Å². The van der Waals surface area contributed by atoms with Crippen LogP contribution in [0.1, 0.15) is 11.6 Å². The molecule has 0 amide bonds. The summed E-state index contributed by atoms with van der Waals surface area (Å²) in [6.45, 7) is -0.317. The highest BCUT2D eigenvalue weighted by Gasteiger charge is 2.10. The van der Waals surface area contributed by atoms with Crippen molar-refractivity contribution in [2.24, 2.45) is 5.11 Å². The second kappa shape index (κ2) is 4.98. The molecule has 0 heterocycles. The molecule has 0 saturated heterocycles. The number of azide groups is 1. The molecule has 1 aromatic rings. The van der Waals surface area contributed by atoms with Crippen LogP contribution in [0.25, 0.3) is 10.4 Å². The maximum absolute atomic E-state index is 11.2. The lowest BCUT2D eigenvalue weighted by molar-refractivity contribution is 0.268. The molecular weight excluding hydrogens is 230 g/mol. The van der Waals surface area contributed by atoms with Gasteiger partial charge in [-0.1, -0.05) is 17.2 Å². The Morgan fingerprint density at radius 2 is 2.00 bits per heavy atom. The standard InChI is InChI=1S/C9H11N3O3S/c1-16(14,15)8-4-2-7(3-5-8)9(6-13)11-12-10/h2-5,9,13H,6H2,1H3. The Morgan fingerprint density at radius 3 is 2.38 bits per heavy atom. The smallest absolute Gasteiger partial charge is 0.175 e. The molecule has 0 aromatic heterocycles. The number of nitrogens with zero attached hydrogens (tertiary/aromatic N) is 3. The molecule has 1 unspecified atom stereocenters. The molecule has 1 atom stereocenters. The van der Waals surface area contributed by atoms with Crippen molar-refractivity contribution < 1.29 is 13.5 Å². The van der Waals surface area contributed by atoms with Crippen molar-refractivity contribution in [1.82, 2.24) is 0 Å². The van der Waals surface area contributed by atoms with Gasteiger partial charge in [-0.3, -0.25) is 0 Å². The Kier molecular flexibility index (Phi) is 3.89. The molecule has 0 fully saturated rings. The van der Waals surface area contributed by atoms with E-state index >= 15 is 0 Å². The summed E-state index contributed by atoms with van der Waals surface area (Å²) in [4.78, 5) is 2.79. The fourth-order valence-corrected chi connectivity index (χ4v) is 1.84. The third-order valence-corrected chi connectivity index (χ3v) is 3.19. The first-order valence-corrected chi connectivity index (χ1v) is 6.33. The minimum Gasteiger partial charge on any atom is -0.396 e. The number of benzene rings is 1. The van der Waals surface area contributed by atoms with Gasteiger partial charge in [0.25, 0.3) is 0 Å². The van der Waals surface area contributed by atoms with E-state index in [4.69, 9.17) is 10.6 Å². The summed E-state index contributed by atoms with van der Waals surface area (Å²) in [5, 5.41) is 12.3. The Morgan fingerprint density at radius 1 is 1.44 bits per heavy atom. The summed E-state index contributed by atoms with van der Waals surface area (Å²) >= 11 is 0. The molecule has 0 spiro atoms. The van der Waals surface area contributed by atoms with E-state index in [1.807, 2.05) is 0 Å². The maximum atomic E-state index is 11.2. The minimum atomic E-state index is -3.23. The first-order chi connectivity index (χ1) is 7.49. The quantitative estimate of drug-likeness (QED) is 0.490. The van der Waals surface area contributed by atoms with Crippen LogP contribution in [0.3, 0.4) is 0 Å². The summed E-state index contributed by atoms with van der Waals surface area (Å²) in [5.41, 5.74) is 8.84. The second-order valence-electron chi connectivity index (χ2n) is 3.24. The number of hydrogen-bond donors (Lipinski definition) is 1. The molecule has 7 heteroatoms. The van der Waals surface area contributed by atoms with Gasteiger partial charge < -0.3 is 5.11 Å². The van der Waals surface area contributed by atoms with Crippen LogP contribution in [0, 0.1) is 0 Å². The van der Waals surface area contributed by atoms with Gasteiger partial charge in [0.05, 0.1) is 17.5 Å². The van der Waals surface area contributed by atoms with Gasteiger partial charge in [0, 0.05) is 11.2 Å². The van der Waals surface area contributed by atoms with Crippen molar-refractivity contribution in [2.45, 2.75) is 10.9 Å². The highest BCUT2D eigenvalue weighted by atomic mass is 32.2. The highest BCUT2D eigenvalue weighted by Crippen LogP contribution is 2.19. The zero-order valence-corrected chi connectivity index (χ0v) is 9.42. The summed E-state index contributed by atoms with van der Waals surface area (Å²) in [6, 6.07) is 5.19. The summed E-state index contributed by atoms with van der Waals surface area (Å²) in [5.74, 6) is 0. The number of sulfone groups is 1. The SMILES string of the molecule is CS(=O)(=O)c1ccc(C(CO)N=[N+]=[N-])cc1. The molecule has 0 aliphatic heterocycles. The lowest BCUT2D eigenvalue weighted by Gasteiger charge is -2.08. The van der Waals surface area contributed by atoms with Crippen LogP contribution in [0.4, 0.5) is 0 Å². The average molecular weight is 241 g/mol. The van der Waals surface area contributed by atoms with E-state index in [1.165, 1.54) is 24.3 Å². The first kappa shape index (κ1) is 12.5. The van der Waals surface area contributed by atoms with Crippen LogP contribution >= 0.6 is 0 Å².